The van der Waals surface area contributed by atoms with E-state index in [-0.39, 0.29) is 10.6 Å². The van der Waals surface area contributed by atoms with Gasteiger partial charge in [-0.05, 0) is 44.0 Å². The summed E-state index contributed by atoms with van der Waals surface area (Å²) in [5, 5.41) is 23.1. The summed E-state index contributed by atoms with van der Waals surface area (Å²) in [4.78, 5) is 20.9. The van der Waals surface area contributed by atoms with Crippen molar-refractivity contribution in [3.63, 3.8) is 0 Å². The number of aromatic carboxylic acids is 1. The predicted octanol–water partition coefficient (Wildman–Crippen LogP) is 3.76. The summed E-state index contributed by atoms with van der Waals surface area (Å²) in [6.45, 7) is 5.37. The second kappa shape index (κ2) is 5.51. The number of phenolic OH excluding ortho intramolecular Hbond substituents is 1. The van der Waals surface area contributed by atoms with Gasteiger partial charge in [-0.25, -0.2) is 14.8 Å². The van der Waals surface area contributed by atoms with E-state index in [0.29, 0.717) is 33.1 Å². The molecule has 0 spiro atoms. The number of aromatic hydroxyl groups is 1. The number of carboxylic acids is 1. The number of aryl methyl sites for hydroxylation is 3. The Balaban J connectivity index is 2.18. The maximum Gasteiger partial charge on any atom is 0.346 e. The monoisotopic (exact) mass is 329 g/mol. The molecule has 0 radical (unpaired) electrons. The van der Waals surface area contributed by atoms with Crippen LogP contribution in [-0.4, -0.2) is 26.2 Å². The molecule has 3 rings (SSSR count). The molecule has 23 heavy (non-hydrogen) atoms. The molecule has 0 saturated heterocycles. The molecule has 0 amide bonds. The van der Waals surface area contributed by atoms with Crippen LogP contribution in [0.3, 0.4) is 0 Å². The number of benzene rings is 1. The Kier molecular flexibility index (Phi) is 3.65. The smallest absolute Gasteiger partial charge is 0.346 e. The lowest BCUT2D eigenvalue weighted by Gasteiger charge is -2.10. The fraction of sp³-hybridized carbons (Fsp3) is 0.188. The minimum Gasteiger partial charge on any atom is -0.506 e. The van der Waals surface area contributed by atoms with Gasteiger partial charge < -0.3 is 15.5 Å². The Morgan fingerprint density at radius 3 is 2.61 bits per heavy atom. The van der Waals surface area contributed by atoms with Crippen LogP contribution in [0.5, 0.6) is 5.75 Å². The highest BCUT2D eigenvalue weighted by molar-refractivity contribution is 7.20. The molecule has 0 bridgehead atoms. The van der Waals surface area contributed by atoms with Gasteiger partial charge in [0.15, 0.2) is 0 Å². The van der Waals surface area contributed by atoms with Gasteiger partial charge in [0, 0.05) is 0 Å². The van der Waals surface area contributed by atoms with Crippen LogP contribution in [0.25, 0.3) is 10.2 Å². The highest BCUT2D eigenvalue weighted by Gasteiger charge is 2.20. The van der Waals surface area contributed by atoms with E-state index in [1.54, 1.807) is 26.0 Å². The number of rotatable bonds is 3. The van der Waals surface area contributed by atoms with E-state index < -0.39 is 5.97 Å². The van der Waals surface area contributed by atoms with E-state index >= 15 is 0 Å². The van der Waals surface area contributed by atoms with E-state index in [1.807, 2.05) is 13.0 Å². The molecule has 0 aliphatic heterocycles. The fourth-order valence-corrected chi connectivity index (χ4v) is 3.48. The van der Waals surface area contributed by atoms with Crippen molar-refractivity contribution in [3.05, 3.63) is 40.0 Å². The maximum atomic E-state index is 11.3. The van der Waals surface area contributed by atoms with Crippen LogP contribution in [0.4, 0.5) is 11.5 Å². The van der Waals surface area contributed by atoms with Crippen molar-refractivity contribution in [3.8, 4) is 5.75 Å². The number of carbonyl (C=O) groups is 1. The first-order chi connectivity index (χ1) is 10.9. The third-order valence-electron chi connectivity index (χ3n) is 3.50. The first-order valence-electron chi connectivity index (χ1n) is 6.94. The molecule has 0 unspecified atom stereocenters. The second-order valence-electron chi connectivity index (χ2n) is 5.31. The molecule has 0 atom stereocenters. The average Bonchev–Trinajstić information content (AvgIpc) is 2.79. The zero-order valence-electron chi connectivity index (χ0n) is 12.8. The average molecular weight is 329 g/mol. The lowest BCUT2D eigenvalue weighted by molar-refractivity contribution is 0.0701. The van der Waals surface area contributed by atoms with Crippen molar-refractivity contribution in [1.29, 1.82) is 0 Å². The molecule has 6 nitrogen and oxygen atoms in total. The first-order valence-corrected chi connectivity index (χ1v) is 7.76. The summed E-state index contributed by atoms with van der Waals surface area (Å²) < 4.78 is 0. The number of thiophene rings is 1. The van der Waals surface area contributed by atoms with Crippen molar-refractivity contribution in [1.82, 2.24) is 9.97 Å². The summed E-state index contributed by atoms with van der Waals surface area (Å²) in [5.74, 6) is 0.158. The molecule has 7 heteroatoms. The first kappa shape index (κ1) is 15.2. The van der Waals surface area contributed by atoms with Gasteiger partial charge in [-0.2, -0.15) is 0 Å². The number of hydrogen-bond acceptors (Lipinski definition) is 6. The molecule has 0 aliphatic rings. The second-order valence-corrected chi connectivity index (χ2v) is 6.31. The number of aromatic nitrogens is 2. The van der Waals surface area contributed by atoms with Crippen molar-refractivity contribution in [2.24, 2.45) is 0 Å². The van der Waals surface area contributed by atoms with E-state index in [1.165, 1.54) is 0 Å². The van der Waals surface area contributed by atoms with Crippen molar-refractivity contribution in [2.75, 3.05) is 5.32 Å². The van der Waals surface area contributed by atoms with Crippen LogP contribution in [0.2, 0.25) is 0 Å². The van der Waals surface area contributed by atoms with Gasteiger partial charge in [0.1, 0.15) is 27.1 Å². The summed E-state index contributed by atoms with van der Waals surface area (Å²) in [6, 6.07) is 5.28. The zero-order valence-corrected chi connectivity index (χ0v) is 13.7. The molecular formula is C16H15N3O3S. The summed E-state index contributed by atoms with van der Waals surface area (Å²) in [6.07, 6.45) is 0. The molecule has 0 fully saturated rings. The Bertz CT molecular complexity index is 934. The van der Waals surface area contributed by atoms with Gasteiger partial charge in [-0.3, -0.25) is 0 Å². The topological polar surface area (TPSA) is 95.3 Å². The molecule has 1 aromatic carbocycles. The number of carboxylic acid groups (broad SMARTS) is 1. The molecule has 3 N–H and O–H groups in total. The van der Waals surface area contributed by atoms with Crippen LogP contribution in [0.1, 0.15) is 26.6 Å². The standard InChI is InChI=1S/C16H15N3O3S/c1-7-4-5-10(11(20)6-7)19-14-12-8(2)13(16(21)22)23-15(12)18-9(3)17-14/h4-6,20H,1-3H3,(H,21,22)(H,17,18,19). The number of hydrogen-bond donors (Lipinski definition) is 3. The summed E-state index contributed by atoms with van der Waals surface area (Å²) in [5.41, 5.74) is 2.07. The quantitative estimate of drug-likeness (QED) is 0.633. The molecule has 118 valence electrons. The fourth-order valence-electron chi connectivity index (χ4n) is 2.41. The highest BCUT2D eigenvalue weighted by Crippen LogP contribution is 2.36. The lowest BCUT2D eigenvalue weighted by atomic mass is 10.2. The Morgan fingerprint density at radius 2 is 1.96 bits per heavy atom. The normalized spacial score (nSPS) is 10.9. The third kappa shape index (κ3) is 2.70. The van der Waals surface area contributed by atoms with Crippen LogP contribution in [0, 0.1) is 20.8 Å². The highest BCUT2D eigenvalue weighted by atomic mass is 32.1. The maximum absolute atomic E-state index is 11.3. The molecule has 0 saturated carbocycles. The molecular weight excluding hydrogens is 314 g/mol. The summed E-state index contributed by atoms with van der Waals surface area (Å²) in [7, 11) is 0. The minimum atomic E-state index is -0.979. The van der Waals surface area contributed by atoms with Gasteiger partial charge >= 0.3 is 5.97 Å². The SMILES string of the molecule is Cc1ccc(Nc2nc(C)nc3sc(C(=O)O)c(C)c23)c(O)c1. The van der Waals surface area contributed by atoms with Crippen LogP contribution in [0.15, 0.2) is 18.2 Å². The van der Waals surface area contributed by atoms with Crippen LogP contribution < -0.4 is 5.32 Å². The van der Waals surface area contributed by atoms with Crippen molar-refractivity contribution < 1.29 is 15.0 Å². The Labute approximate surface area is 136 Å². The molecule has 0 aliphatic carbocycles. The number of phenols is 1. The lowest BCUT2D eigenvalue weighted by Crippen LogP contribution is -1.99. The van der Waals surface area contributed by atoms with Crippen molar-refractivity contribution >= 4 is 39.0 Å². The van der Waals surface area contributed by atoms with Gasteiger partial charge in [0.05, 0.1) is 11.1 Å². The number of nitrogens with one attached hydrogen (secondary N) is 1. The van der Waals surface area contributed by atoms with E-state index in [2.05, 4.69) is 15.3 Å². The van der Waals surface area contributed by atoms with E-state index in [9.17, 15) is 15.0 Å². The van der Waals surface area contributed by atoms with Crippen molar-refractivity contribution in [2.45, 2.75) is 20.8 Å². The molecule has 2 aromatic heterocycles. The van der Waals surface area contributed by atoms with Gasteiger partial charge in [-0.15, -0.1) is 11.3 Å². The Hall–Kier alpha value is -2.67. The number of anilines is 2. The zero-order chi connectivity index (χ0) is 16.7. The van der Waals surface area contributed by atoms with Crippen LogP contribution >= 0.6 is 11.3 Å². The summed E-state index contributed by atoms with van der Waals surface area (Å²) >= 11 is 1.12. The number of fused-ring (bicyclic) bond motifs is 1. The van der Waals surface area contributed by atoms with Crippen LogP contribution in [-0.2, 0) is 0 Å². The van der Waals surface area contributed by atoms with Gasteiger partial charge in [0.25, 0.3) is 0 Å². The molecule has 2 heterocycles. The molecule has 3 aromatic rings. The van der Waals surface area contributed by atoms with Gasteiger partial charge in [0.2, 0.25) is 0 Å². The largest absolute Gasteiger partial charge is 0.506 e. The third-order valence-corrected chi connectivity index (χ3v) is 4.68. The van der Waals surface area contributed by atoms with E-state index in [4.69, 9.17) is 0 Å². The number of nitrogens with zero attached hydrogens (tertiary/aromatic N) is 2. The van der Waals surface area contributed by atoms with E-state index in [0.717, 1.165) is 16.9 Å². The minimum absolute atomic E-state index is 0.112. The predicted molar refractivity (Wildman–Crippen MR) is 90.0 cm³/mol. The Morgan fingerprint density at radius 1 is 1.22 bits per heavy atom. The van der Waals surface area contributed by atoms with Gasteiger partial charge in [-0.1, -0.05) is 6.07 Å².